The number of rotatable bonds is 4. The summed E-state index contributed by atoms with van der Waals surface area (Å²) in [5, 5.41) is 8.96. The molecule has 0 saturated heterocycles. The van der Waals surface area contributed by atoms with E-state index in [9.17, 15) is 0 Å². The van der Waals surface area contributed by atoms with Crippen LogP contribution in [0.1, 0.15) is 24.8 Å². The topological polar surface area (TPSA) is 37.8 Å². The van der Waals surface area contributed by atoms with E-state index in [1.165, 1.54) is 4.88 Å². The summed E-state index contributed by atoms with van der Waals surface area (Å²) in [5.41, 5.74) is 0. The minimum absolute atomic E-state index is 0.226. The van der Waals surface area contributed by atoms with E-state index in [2.05, 4.69) is 46.6 Å². The maximum atomic E-state index is 6.02. The van der Waals surface area contributed by atoms with Crippen LogP contribution in [-0.4, -0.2) is 9.97 Å². The largest absolute Gasteiger partial charge is 0.362 e. The molecule has 1 N–H and O–H groups in total. The zero-order valence-corrected chi connectivity index (χ0v) is 13.5. The van der Waals surface area contributed by atoms with Crippen LogP contribution in [0.25, 0.3) is 10.2 Å². The number of halogens is 1. The first-order valence-electron chi connectivity index (χ1n) is 6.36. The quantitative estimate of drug-likeness (QED) is 0.669. The van der Waals surface area contributed by atoms with Crippen LogP contribution in [0.5, 0.6) is 0 Å². The fourth-order valence-electron chi connectivity index (χ4n) is 2.12. The molecule has 6 heteroatoms. The molecule has 0 radical (unpaired) electrons. The molecule has 3 rings (SSSR count). The van der Waals surface area contributed by atoms with Gasteiger partial charge in [-0.2, -0.15) is 0 Å². The van der Waals surface area contributed by atoms with Gasteiger partial charge in [-0.1, -0.05) is 19.9 Å². The number of aromatic nitrogens is 2. The number of nitrogens with one attached hydrogen (secondary N) is 1. The van der Waals surface area contributed by atoms with Crippen LogP contribution >= 0.6 is 34.3 Å². The molecule has 0 aliphatic rings. The SMILES string of the molecule is CC(C)C(Nc1nc(Cl)nc2sccc12)c1cccs1. The molecule has 3 heterocycles. The van der Waals surface area contributed by atoms with Crippen molar-refractivity contribution in [2.75, 3.05) is 5.32 Å². The molecule has 0 aliphatic carbocycles. The van der Waals surface area contributed by atoms with Gasteiger partial charge in [-0.25, -0.2) is 9.97 Å². The summed E-state index contributed by atoms with van der Waals surface area (Å²) < 4.78 is 0. The van der Waals surface area contributed by atoms with Gasteiger partial charge >= 0.3 is 0 Å². The Balaban J connectivity index is 2.00. The summed E-state index contributed by atoms with van der Waals surface area (Å²) in [4.78, 5) is 10.8. The predicted octanol–water partition coefficient (Wildman–Crippen LogP) is 5.22. The zero-order valence-electron chi connectivity index (χ0n) is 11.1. The molecule has 0 spiro atoms. The second kappa shape index (κ2) is 5.68. The highest BCUT2D eigenvalue weighted by molar-refractivity contribution is 7.16. The summed E-state index contributed by atoms with van der Waals surface area (Å²) in [6.45, 7) is 4.40. The maximum Gasteiger partial charge on any atom is 0.225 e. The highest BCUT2D eigenvalue weighted by Crippen LogP contribution is 2.33. The Morgan fingerprint density at radius 3 is 2.70 bits per heavy atom. The Morgan fingerprint density at radius 1 is 1.15 bits per heavy atom. The Labute approximate surface area is 130 Å². The first-order chi connectivity index (χ1) is 9.65. The first-order valence-corrected chi connectivity index (χ1v) is 8.49. The van der Waals surface area contributed by atoms with Crippen molar-refractivity contribution in [3.8, 4) is 0 Å². The van der Waals surface area contributed by atoms with Crippen LogP contribution in [0.15, 0.2) is 29.0 Å². The van der Waals surface area contributed by atoms with Crippen molar-refractivity contribution in [1.82, 2.24) is 9.97 Å². The van der Waals surface area contributed by atoms with Crippen molar-refractivity contribution in [2.24, 2.45) is 5.92 Å². The first kappa shape index (κ1) is 13.8. The van der Waals surface area contributed by atoms with E-state index in [4.69, 9.17) is 11.6 Å². The summed E-state index contributed by atoms with van der Waals surface area (Å²) >= 11 is 9.35. The minimum Gasteiger partial charge on any atom is -0.362 e. The van der Waals surface area contributed by atoms with Crippen molar-refractivity contribution in [3.63, 3.8) is 0 Å². The van der Waals surface area contributed by atoms with Crippen molar-refractivity contribution in [3.05, 3.63) is 39.1 Å². The second-order valence-corrected chi connectivity index (χ2v) is 7.07. The highest BCUT2D eigenvalue weighted by atomic mass is 35.5. The van der Waals surface area contributed by atoms with Gasteiger partial charge in [-0.3, -0.25) is 0 Å². The molecule has 0 aromatic carbocycles. The van der Waals surface area contributed by atoms with Crippen molar-refractivity contribution < 1.29 is 0 Å². The molecule has 1 unspecified atom stereocenters. The Kier molecular flexibility index (Phi) is 3.92. The molecule has 3 nitrogen and oxygen atoms in total. The number of thiophene rings is 2. The smallest absolute Gasteiger partial charge is 0.225 e. The molecule has 0 bridgehead atoms. The van der Waals surface area contributed by atoms with E-state index in [1.807, 2.05) is 11.4 Å². The van der Waals surface area contributed by atoms with Crippen molar-refractivity contribution in [2.45, 2.75) is 19.9 Å². The summed E-state index contributed by atoms with van der Waals surface area (Å²) in [7, 11) is 0. The number of nitrogens with zero attached hydrogens (tertiary/aromatic N) is 2. The van der Waals surface area contributed by atoms with Crippen molar-refractivity contribution >= 4 is 50.3 Å². The molecular formula is C14H14ClN3S2. The molecule has 0 fully saturated rings. The van der Waals surface area contributed by atoms with Crippen LogP contribution in [0, 0.1) is 5.92 Å². The molecule has 20 heavy (non-hydrogen) atoms. The van der Waals surface area contributed by atoms with Crippen LogP contribution in [0.4, 0.5) is 5.82 Å². The lowest BCUT2D eigenvalue weighted by molar-refractivity contribution is 0.552. The Bertz CT molecular complexity index is 706. The molecule has 1 atom stereocenters. The van der Waals surface area contributed by atoms with Crippen LogP contribution < -0.4 is 5.32 Å². The zero-order chi connectivity index (χ0) is 14.1. The van der Waals surface area contributed by atoms with Gasteiger partial charge in [0.15, 0.2) is 0 Å². The molecule has 3 aromatic rings. The summed E-state index contributed by atoms with van der Waals surface area (Å²) in [5.74, 6) is 1.27. The van der Waals surface area contributed by atoms with Gasteiger partial charge in [-0.15, -0.1) is 22.7 Å². The molecular weight excluding hydrogens is 310 g/mol. The lowest BCUT2D eigenvalue weighted by atomic mass is 10.0. The molecule has 0 aliphatic heterocycles. The van der Waals surface area contributed by atoms with Gasteiger partial charge in [0.1, 0.15) is 10.6 Å². The average molecular weight is 324 g/mol. The molecule has 0 amide bonds. The average Bonchev–Trinajstić information content (AvgIpc) is 3.05. The molecule has 104 valence electrons. The Hall–Kier alpha value is -1.17. The van der Waals surface area contributed by atoms with E-state index >= 15 is 0 Å². The fourth-order valence-corrected chi connectivity index (χ4v) is 4.05. The standard InChI is InChI=1S/C14H14ClN3S2/c1-8(2)11(10-4-3-6-19-10)16-12-9-5-7-20-13(9)18-14(15)17-12/h3-8,11H,1-2H3,(H,16,17,18). The minimum atomic E-state index is 0.226. The van der Waals surface area contributed by atoms with Gasteiger partial charge in [0.2, 0.25) is 5.28 Å². The maximum absolute atomic E-state index is 6.02. The van der Waals surface area contributed by atoms with Gasteiger partial charge in [0.05, 0.1) is 11.4 Å². The predicted molar refractivity (Wildman–Crippen MR) is 87.9 cm³/mol. The number of fused-ring (bicyclic) bond motifs is 1. The fraction of sp³-hybridized carbons (Fsp3) is 0.286. The van der Waals surface area contributed by atoms with Crippen LogP contribution in [0.2, 0.25) is 5.28 Å². The van der Waals surface area contributed by atoms with Gasteiger partial charge in [-0.05, 0) is 40.4 Å². The molecule has 3 aromatic heterocycles. The van der Waals surface area contributed by atoms with E-state index in [0.29, 0.717) is 5.92 Å². The Morgan fingerprint density at radius 2 is 2.00 bits per heavy atom. The molecule has 0 saturated carbocycles. The second-order valence-electron chi connectivity index (χ2n) is 4.86. The number of anilines is 1. The van der Waals surface area contributed by atoms with Gasteiger partial charge in [0.25, 0.3) is 0 Å². The van der Waals surface area contributed by atoms with Crippen LogP contribution in [-0.2, 0) is 0 Å². The third-order valence-electron chi connectivity index (χ3n) is 3.11. The third-order valence-corrected chi connectivity index (χ3v) is 5.04. The van der Waals surface area contributed by atoms with Gasteiger partial charge in [0, 0.05) is 4.88 Å². The normalized spacial score (nSPS) is 13.0. The highest BCUT2D eigenvalue weighted by Gasteiger charge is 2.19. The van der Waals surface area contributed by atoms with Gasteiger partial charge < -0.3 is 5.32 Å². The van der Waals surface area contributed by atoms with E-state index < -0.39 is 0 Å². The van der Waals surface area contributed by atoms with Crippen LogP contribution in [0.3, 0.4) is 0 Å². The number of hydrogen-bond donors (Lipinski definition) is 1. The third kappa shape index (κ3) is 2.66. The van der Waals surface area contributed by atoms with Crippen molar-refractivity contribution in [1.29, 1.82) is 0 Å². The summed E-state index contributed by atoms with van der Waals surface area (Å²) in [6, 6.07) is 6.48. The van der Waals surface area contributed by atoms with E-state index in [0.717, 1.165) is 16.0 Å². The lowest BCUT2D eigenvalue weighted by Crippen LogP contribution is -2.16. The van der Waals surface area contributed by atoms with E-state index in [1.54, 1.807) is 22.7 Å². The van der Waals surface area contributed by atoms with E-state index in [-0.39, 0.29) is 11.3 Å². The lowest BCUT2D eigenvalue weighted by Gasteiger charge is -2.22. The monoisotopic (exact) mass is 323 g/mol. The summed E-state index contributed by atoms with van der Waals surface area (Å²) in [6.07, 6.45) is 0. The number of hydrogen-bond acceptors (Lipinski definition) is 5.